The first-order chi connectivity index (χ1) is 17.7. The van der Waals surface area contributed by atoms with Crippen molar-refractivity contribution in [3.8, 4) is 0 Å². The van der Waals surface area contributed by atoms with Crippen molar-refractivity contribution in [3.63, 3.8) is 0 Å². The molecule has 1 saturated heterocycles. The van der Waals surface area contributed by atoms with Gasteiger partial charge in [0.15, 0.2) is 10.9 Å². The molecule has 0 bridgehead atoms. The first-order valence-electron chi connectivity index (χ1n) is 14.1. The number of nitrogens with zero attached hydrogens (tertiary/aromatic N) is 4. The molecule has 1 aliphatic carbocycles. The van der Waals surface area contributed by atoms with Crippen LogP contribution in [0.4, 0.5) is 5.13 Å². The zero-order valence-electron chi connectivity index (χ0n) is 21.3. The van der Waals surface area contributed by atoms with E-state index in [0.29, 0.717) is 12.3 Å². The third-order valence-corrected chi connectivity index (χ3v) is 9.88. The highest BCUT2D eigenvalue weighted by Gasteiger charge is 2.27. The number of pyridine rings is 1. The Bertz CT molecular complexity index is 1190. The molecule has 3 aromatic rings. The van der Waals surface area contributed by atoms with Gasteiger partial charge in [0, 0.05) is 54.6 Å². The van der Waals surface area contributed by atoms with Gasteiger partial charge in [-0.3, -0.25) is 14.7 Å². The maximum absolute atomic E-state index is 13.1. The average molecular weight is 503 g/mol. The van der Waals surface area contributed by atoms with Crippen LogP contribution in [0.15, 0.2) is 36.5 Å². The van der Waals surface area contributed by atoms with Crippen molar-refractivity contribution >= 4 is 33.2 Å². The fourth-order valence-electron chi connectivity index (χ4n) is 6.46. The summed E-state index contributed by atoms with van der Waals surface area (Å²) < 4.78 is 0. The van der Waals surface area contributed by atoms with Crippen LogP contribution >= 0.6 is 11.3 Å². The molecule has 0 spiro atoms. The molecule has 0 N–H and O–H groups in total. The van der Waals surface area contributed by atoms with E-state index in [1.807, 2.05) is 41.7 Å². The van der Waals surface area contributed by atoms with Crippen LogP contribution in [0.2, 0.25) is 0 Å². The Morgan fingerprint density at radius 1 is 0.972 bits per heavy atom. The van der Waals surface area contributed by atoms with Crippen LogP contribution in [0.25, 0.3) is 10.9 Å². The number of Topliss-reactive ketones (excluding diaryl/α,β-unsaturated/α-hetero) is 1. The molecule has 0 amide bonds. The van der Waals surface area contributed by atoms with Crippen molar-refractivity contribution in [1.82, 2.24) is 14.9 Å². The molecule has 6 heteroatoms. The smallest absolute Gasteiger partial charge is 0.185 e. The van der Waals surface area contributed by atoms with Crippen molar-refractivity contribution in [2.75, 3.05) is 31.1 Å². The number of aromatic nitrogens is 2. The van der Waals surface area contributed by atoms with Crippen molar-refractivity contribution in [1.29, 1.82) is 0 Å². The van der Waals surface area contributed by atoms with Crippen molar-refractivity contribution < 1.29 is 4.79 Å². The number of carbonyl (C=O) groups excluding carboxylic acids is 1. The van der Waals surface area contributed by atoms with Gasteiger partial charge in [-0.1, -0.05) is 31.0 Å². The number of fused-ring (bicyclic) bond motifs is 2. The van der Waals surface area contributed by atoms with Crippen LogP contribution in [0.3, 0.4) is 0 Å². The molecule has 6 rings (SSSR count). The van der Waals surface area contributed by atoms with E-state index < -0.39 is 0 Å². The lowest BCUT2D eigenvalue weighted by molar-refractivity contribution is 0.0941. The molecule has 5 nitrogen and oxygen atoms in total. The Morgan fingerprint density at radius 3 is 2.67 bits per heavy atom. The summed E-state index contributed by atoms with van der Waals surface area (Å²) >= 11 is 1.95. The third-order valence-electron chi connectivity index (χ3n) is 8.66. The summed E-state index contributed by atoms with van der Waals surface area (Å²) in [6.45, 7) is 5.77. The Labute approximate surface area is 218 Å². The second kappa shape index (κ2) is 11.0. The lowest BCUT2D eigenvalue weighted by Gasteiger charge is -2.31. The van der Waals surface area contributed by atoms with E-state index in [9.17, 15) is 4.79 Å². The van der Waals surface area contributed by atoms with E-state index in [2.05, 4.69) is 14.8 Å². The van der Waals surface area contributed by atoms with Crippen LogP contribution < -0.4 is 4.90 Å². The van der Waals surface area contributed by atoms with Gasteiger partial charge in [0.1, 0.15) is 0 Å². The second-order valence-corrected chi connectivity index (χ2v) is 12.2. The molecule has 4 heterocycles. The zero-order chi connectivity index (χ0) is 24.3. The Balaban J connectivity index is 0.963. The molecule has 3 aliphatic rings. The number of rotatable bonds is 7. The quantitative estimate of drug-likeness (QED) is 0.345. The third kappa shape index (κ3) is 5.35. The molecule has 2 fully saturated rings. The standard InChI is InChI=1S/C30H38N4OS/c35-28(25-6-4-8-26-24(25)7-5-15-31-26)20-23-11-9-22(10-12-23)13-18-33-19-14-29-27(21-33)32-30(36-29)34-16-2-1-3-17-34/h4-8,15,22-23H,1-3,9-14,16-21H2. The minimum atomic E-state index is 0.286. The largest absolute Gasteiger partial charge is 0.348 e. The molecule has 0 unspecified atom stereocenters. The topological polar surface area (TPSA) is 49.3 Å². The molecule has 1 saturated carbocycles. The van der Waals surface area contributed by atoms with Gasteiger partial charge in [0.2, 0.25) is 0 Å². The van der Waals surface area contributed by atoms with E-state index in [4.69, 9.17) is 4.98 Å². The monoisotopic (exact) mass is 502 g/mol. The average Bonchev–Trinajstić information content (AvgIpc) is 3.36. The maximum atomic E-state index is 13.1. The highest BCUT2D eigenvalue weighted by atomic mass is 32.1. The summed E-state index contributed by atoms with van der Waals surface area (Å²) in [5.74, 6) is 1.62. The Morgan fingerprint density at radius 2 is 1.81 bits per heavy atom. The lowest BCUT2D eigenvalue weighted by Crippen LogP contribution is -2.32. The van der Waals surface area contributed by atoms with Crippen LogP contribution in [-0.2, 0) is 13.0 Å². The summed E-state index contributed by atoms with van der Waals surface area (Å²) in [5.41, 5.74) is 3.10. The van der Waals surface area contributed by atoms with E-state index in [0.717, 1.165) is 28.9 Å². The summed E-state index contributed by atoms with van der Waals surface area (Å²) in [7, 11) is 0. The van der Waals surface area contributed by atoms with Gasteiger partial charge in [-0.2, -0.15) is 0 Å². The minimum Gasteiger partial charge on any atom is -0.348 e. The van der Waals surface area contributed by atoms with Crippen LogP contribution in [-0.4, -0.2) is 46.8 Å². The minimum absolute atomic E-state index is 0.286. The second-order valence-electron chi connectivity index (χ2n) is 11.1. The first-order valence-corrected chi connectivity index (χ1v) is 14.9. The molecule has 0 atom stereocenters. The molecule has 2 aromatic heterocycles. The van der Waals surface area contributed by atoms with Gasteiger partial charge in [-0.15, -0.1) is 11.3 Å². The number of thiazole rings is 1. The summed E-state index contributed by atoms with van der Waals surface area (Å²) in [5, 5.41) is 2.26. The van der Waals surface area contributed by atoms with Crippen molar-refractivity contribution in [2.45, 2.75) is 70.8 Å². The first kappa shape index (κ1) is 24.1. The highest BCUT2D eigenvalue weighted by Crippen LogP contribution is 2.35. The summed E-state index contributed by atoms with van der Waals surface area (Å²) in [4.78, 5) is 29.3. The predicted octanol–water partition coefficient (Wildman–Crippen LogP) is 6.51. The van der Waals surface area contributed by atoms with E-state index in [1.54, 1.807) is 6.20 Å². The molecule has 0 radical (unpaired) electrons. The predicted molar refractivity (Wildman–Crippen MR) is 148 cm³/mol. The Hall–Kier alpha value is -2.31. The summed E-state index contributed by atoms with van der Waals surface area (Å²) in [6, 6.07) is 9.87. The molecule has 1 aromatic carbocycles. The fourth-order valence-corrected chi connectivity index (χ4v) is 7.57. The number of ketones is 1. The number of anilines is 1. The molecular weight excluding hydrogens is 464 g/mol. The van der Waals surface area contributed by atoms with E-state index >= 15 is 0 Å². The van der Waals surface area contributed by atoms with E-state index in [1.165, 1.54) is 99.7 Å². The van der Waals surface area contributed by atoms with Gasteiger partial charge in [-0.05, 0) is 75.5 Å². The maximum Gasteiger partial charge on any atom is 0.185 e. The number of hydrogen-bond acceptors (Lipinski definition) is 6. The van der Waals surface area contributed by atoms with Gasteiger partial charge in [0.05, 0.1) is 11.2 Å². The number of hydrogen-bond donors (Lipinski definition) is 0. The molecular formula is C30H38N4OS. The van der Waals surface area contributed by atoms with Gasteiger partial charge in [0.25, 0.3) is 0 Å². The van der Waals surface area contributed by atoms with Crippen LogP contribution in [0.5, 0.6) is 0 Å². The van der Waals surface area contributed by atoms with Crippen LogP contribution in [0.1, 0.15) is 78.7 Å². The number of piperidine rings is 1. The molecule has 36 heavy (non-hydrogen) atoms. The van der Waals surface area contributed by atoms with E-state index in [-0.39, 0.29) is 5.78 Å². The zero-order valence-corrected chi connectivity index (χ0v) is 22.1. The highest BCUT2D eigenvalue weighted by molar-refractivity contribution is 7.15. The molecule has 190 valence electrons. The van der Waals surface area contributed by atoms with Gasteiger partial charge in [-0.25, -0.2) is 4.98 Å². The normalized spacial score (nSPS) is 23.1. The molecule has 2 aliphatic heterocycles. The Kier molecular flexibility index (Phi) is 7.33. The van der Waals surface area contributed by atoms with Gasteiger partial charge < -0.3 is 4.90 Å². The van der Waals surface area contributed by atoms with Crippen molar-refractivity contribution in [3.05, 3.63) is 52.7 Å². The summed E-state index contributed by atoms with van der Waals surface area (Å²) in [6.07, 6.45) is 13.8. The fraction of sp³-hybridized carbons (Fsp3) is 0.567. The van der Waals surface area contributed by atoms with Crippen molar-refractivity contribution in [2.24, 2.45) is 11.8 Å². The number of benzene rings is 1. The van der Waals surface area contributed by atoms with Crippen LogP contribution in [0, 0.1) is 11.8 Å². The lowest BCUT2D eigenvalue weighted by atomic mass is 9.78. The SMILES string of the molecule is O=C(CC1CCC(CCN2CCc3sc(N4CCCCC4)nc3C2)CC1)c1cccc2ncccc12. The number of carbonyl (C=O) groups is 1. The van der Waals surface area contributed by atoms with Gasteiger partial charge >= 0.3 is 0 Å².